The van der Waals surface area contributed by atoms with Gasteiger partial charge in [0.15, 0.2) is 5.78 Å². The van der Waals surface area contributed by atoms with Crippen LogP contribution < -0.4 is 16.6 Å². The Balaban J connectivity index is 1.79. The molecule has 1 aromatic heterocycles. The van der Waals surface area contributed by atoms with Crippen molar-refractivity contribution in [3.8, 4) is 0 Å². The van der Waals surface area contributed by atoms with Crippen LogP contribution in [-0.2, 0) is 11.3 Å². The zero-order valence-corrected chi connectivity index (χ0v) is 14.7. The molecular weight excluding hydrogens is 334 g/mol. The molecule has 7 heteroatoms. The van der Waals surface area contributed by atoms with E-state index in [1.807, 2.05) is 13.8 Å². The minimum absolute atomic E-state index is 0.0216. The predicted octanol–water partition coefficient (Wildman–Crippen LogP) is 1.49. The molecule has 0 fully saturated rings. The van der Waals surface area contributed by atoms with Gasteiger partial charge in [-0.3, -0.25) is 23.9 Å². The van der Waals surface area contributed by atoms with Crippen molar-refractivity contribution in [1.29, 1.82) is 0 Å². The van der Waals surface area contributed by atoms with E-state index < -0.39 is 17.2 Å². The molecule has 0 spiro atoms. The van der Waals surface area contributed by atoms with E-state index in [4.69, 9.17) is 0 Å². The molecule has 1 aliphatic carbocycles. The zero-order chi connectivity index (χ0) is 18.8. The van der Waals surface area contributed by atoms with E-state index in [0.717, 1.165) is 5.56 Å². The highest BCUT2D eigenvalue weighted by molar-refractivity contribution is 6.01. The molecule has 7 nitrogen and oxygen atoms in total. The Kier molecular flexibility index (Phi) is 4.88. The molecule has 1 amide bonds. The third-order valence-corrected chi connectivity index (χ3v) is 4.66. The highest BCUT2D eigenvalue weighted by Crippen LogP contribution is 2.31. The fourth-order valence-electron chi connectivity index (χ4n) is 3.23. The average Bonchev–Trinajstić information content (AvgIpc) is 2.61. The Bertz CT molecular complexity index is 971. The van der Waals surface area contributed by atoms with Gasteiger partial charge in [-0.25, -0.2) is 4.79 Å². The van der Waals surface area contributed by atoms with E-state index in [0.29, 0.717) is 24.0 Å². The first kappa shape index (κ1) is 17.8. The number of carbonyl (C=O) groups excluding carboxylic acids is 2. The van der Waals surface area contributed by atoms with Crippen LogP contribution in [0, 0.1) is 0 Å². The summed E-state index contributed by atoms with van der Waals surface area (Å²) in [6.07, 6.45) is 2.25. The Morgan fingerprint density at radius 1 is 1.27 bits per heavy atom. The van der Waals surface area contributed by atoms with Crippen LogP contribution in [0.3, 0.4) is 0 Å². The molecule has 0 bridgehead atoms. The lowest BCUT2D eigenvalue weighted by Gasteiger charge is -2.23. The molecule has 0 aliphatic heterocycles. The molecule has 0 saturated heterocycles. The van der Waals surface area contributed by atoms with Crippen molar-refractivity contribution in [3.05, 3.63) is 68.0 Å². The smallest absolute Gasteiger partial charge is 0.328 e. The Hall–Kier alpha value is -2.96. The lowest BCUT2D eigenvalue weighted by molar-refractivity contribution is -0.122. The number of H-pyrrole nitrogens is 1. The normalized spacial score (nSPS) is 16.4. The number of fused-ring (bicyclic) bond motifs is 1. The van der Waals surface area contributed by atoms with Gasteiger partial charge < -0.3 is 5.32 Å². The van der Waals surface area contributed by atoms with E-state index >= 15 is 0 Å². The molecule has 2 N–H and O–H groups in total. The molecule has 26 heavy (non-hydrogen) atoms. The second-order valence-corrected chi connectivity index (χ2v) is 6.73. The summed E-state index contributed by atoms with van der Waals surface area (Å²) in [5.74, 6) is -0.601. The van der Waals surface area contributed by atoms with Gasteiger partial charge >= 0.3 is 5.69 Å². The summed E-state index contributed by atoms with van der Waals surface area (Å²) < 4.78 is 1.41. The number of hydrogen-bond acceptors (Lipinski definition) is 4. The van der Waals surface area contributed by atoms with Gasteiger partial charge in [-0.15, -0.1) is 0 Å². The Morgan fingerprint density at radius 3 is 2.73 bits per heavy atom. The first-order valence-corrected chi connectivity index (χ1v) is 8.62. The van der Waals surface area contributed by atoms with Crippen LogP contribution in [0.2, 0.25) is 0 Å². The maximum atomic E-state index is 12.6. The van der Waals surface area contributed by atoms with Gasteiger partial charge in [0, 0.05) is 30.8 Å². The molecule has 3 rings (SSSR count). The second kappa shape index (κ2) is 7.11. The van der Waals surface area contributed by atoms with Crippen molar-refractivity contribution in [1.82, 2.24) is 14.9 Å². The number of carbonyl (C=O) groups is 2. The Morgan fingerprint density at radius 2 is 2.00 bits per heavy atom. The zero-order valence-electron chi connectivity index (χ0n) is 14.7. The number of Topliss-reactive ketones (excluding diaryl/α,β-unsaturated/α-hetero) is 1. The monoisotopic (exact) mass is 355 g/mol. The second-order valence-electron chi connectivity index (χ2n) is 6.73. The van der Waals surface area contributed by atoms with Gasteiger partial charge in [-0.1, -0.05) is 24.3 Å². The molecule has 2 aromatic rings. The predicted molar refractivity (Wildman–Crippen MR) is 96.3 cm³/mol. The number of ketones is 1. The lowest BCUT2D eigenvalue weighted by Crippen LogP contribution is -2.37. The third-order valence-electron chi connectivity index (χ3n) is 4.66. The van der Waals surface area contributed by atoms with Crippen LogP contribution in [0.25, 0.3) is 0 Å². The molecule has 136 valence electrons. The van der Waals surface area contributed by atoms with Crippen LogP contribution in [0.15, 0.2) is 40.1 Å². The van der Waals surface area contributed by atoms with E-state index in [1.54, 1.807) is 24.3 Å². The molecule has 1 atom stereocenters. The van der Waals surface area contributed by atoms with Gasteiger partial charge in [0.25, 0.3) is 5.56 Å². The minimum atomic E-state index is -0.508. The molecule has 0 radical (unpaired) electrons. The third kappa shape index (κ3) is 3.37. The highest BCUT2D eigenvalue weighted by Gasteiger charge is 2.30. The maximum absolute atomic E-state index is 12.6. The van der Waals surface area contributed by atoms with Crippen molar-refractivity contribution in [2.24, 2.45) is 0 Å². The summed E-state index contributed by atoms with van der Waals surface area (Å²) in [5.41, 5.74) is 0.644. The topological polar surface area (TPSA) is 101 Å². The van der Waals surface area contributed by atoms with Crippen LogP contribution in [0.5, 0.6) is 0 Å². The number of aromatic nitrogens is 2. The minimum Gasteiger partial charge on any atom is -0.351 e. The molecular formula is C19H21N3O4. The lowest BCUT2D eigenvalue weighted by atomic mass is 9.81. The van der Waals surface area contributed by atoms with Crippen molar-refractivity contribution < 1.29 is 9.59 Å². The summed E-state index contributed by atoms with van der Waals surface area (Å²) in [6, 6.07) is 7.01. The first-order valence-electron chi connectivity index (χ1n) is 8.62. The highest BCUT2D eigenvalue weighted by atomic mass is 16.2. The number of nitrogens with one attached hydrogen (secondary N) is 2. The van der Waals surface area contributed by atoms with E-state index in [-0.39, 0.29) is 24.3 Å². The summed E-state index contributed by atoms with van der Waals surface area (Å²) >= 11 is 0. The number of benzene rings is 1. The van der Waals surface area contributed by atoms with Crippen LogP contribution in [0.1, 0.15) is 60.1 Å². The van der Waals surface area contributed by atoms with Crippen molar-refractivity contribution in [2.75, 3.05) is 0 Å². The molecule has 1 unspecified atom stereocenters. The summed E-state index contributed by atoms with van der Waals surface area (Å²) in [7, 11) is 0. The van der Waals surface area contributed by atoms with E-state index in [2.05, 4.69) is 10.3 Å². The molecule has 1 heterocycles. The van der Waals surface area contributed by atoms with Crippen molar-refractivity contribution in [3.63, 3.8) is 0 Å². The van der Waals surface area contributed by atoms with Gasteiger partial charge in [-0.2, -0.15) is 0 Å². The Labute approximate surface area is 150 Å². The van der Waals surface area contributed by atoms with Gasteiger partial charge in [0.05, 0.1) is 11.5 Å². The quantitative estimate of drug-likeness (QED) is 0.868. The van der Waals surface area contributed by atoms with Gasteiger partial charge in [-0.05, 0) is 25.8 Å². The van der Waals surface area contributed by atoms with E-state index in [1.165, 1.54) is 10.8 Å². The number of rotatable bonds is 4. The summed E-state index contributed by atoms with van der Waals surface area (Å²) in [4.78, 5) is 50.7. The number of nitrogens with zero attached hydrogens (tertiary/aromatic N) is 1. The molecule has 1 aromatic carbocycles. The fraction of sp³-hybridized carbons (Fsp3) is 0.368. The summed E-state index contributed by atoms with van der Waals surface area (Å²) in [5, 5.41) is 2.77. The maximum Gasteiger partial charge on any atom is 0.328 e. The number of amides is 1. The largest absolute Gasteiger partial charge is 0.351 e. The standard InChI is InChI=1S/C19H21N3O4/c1-11(2)22-10-12(17(24)21-19(22)26)9-20-18(25)15-7-8-16(23)14-6-4-3-5-13(14)15/h3-6,10-11,15H,7-9H2,1-2H3,(H,20,25)(H,21,24,26). The fourth-order valence-corrected chi connectivity index (χ4v) is 3.23. The SMILES string of the molecule is CC(C)n1cc(CNC(=O)C2CCC(=O)c3ccccc32)c(=O)[nH]c1=O. The molecule has 0 saturated carbocycles. The van der Waals surface area contributed by atoms with Gasteiger partial charge in [0.1, 0.15) is 0 Å². The summed E-state index contributed by atoms with van der Waals surface area (Å²) in [6.45, 7) is 3.68. The van der Waals surface area contributed by atoms with Gasteiger partial charge in [0.2, 0.25) is 5.91 Å². The first-order chi connectivity index (χ1) is 12.4. The number of hydrogen-bond donors (Lipinski definition) is 2. The van der Waals surface area contributed by atoms with Crippen molar-refractivity contribution >= 4 is 11.7 Å². The van der Waals surface area contributed by atoms with E-state index in [9.17, 15) is 19.2 Å². The molecule has 1 aliphatic rings. The van der Waals surface area contributed by atoms with Crippen LogP contribution >= 0.6 is 0 Å². The average molecular weight is 355 g/mol. The number of aromatic amines is 1. The van der Waals surface area contributed by atoms with Crippen molar-refractivity contribution in [2.45, 2.75) is 45.2 Å². The van der Waals surface area contributed by atoms with Crippen LogP contribution in [-0.4, -0.2) is 21.2 Å². The van der Waals surface area contributed by atoms with Crippen LogP contribution in [0.4, 0.5) is 0 Å².